The molecule has 0 aliphatic carbocycles. The van der Waals surface area contributed by atoms with Crippen LogP contribution in [-0.4, -0.2) is 48.5 Å². The van der Waals surface area contributed by atoms with E-state index < -0.39 is 19.8 Å². The van der Waals surface area contributed by atoms with Crippen LogP contribution in [0.4, 0.5) is 0 Å². The van der Waals surface area contributed by atoms with Gasteiger partial charge in [0.25, 0.3) is 0 Å². The molecule has 19 heavy (non-hydrogen) atoms. The molecule has 0 spiro atoms. The molecular formula is C9H20NO8P. The molecule has 10 heteroatoms. The maximum atomic E-state index is 11.6. The topological polar surface area (TPSA) is 145 Å². The number of carboxylic acid groups (broad SMARTS) is 2. The molecule has 0 fully saturated rings. The van der Waals surface area contributed by atoms with Crippen LogP contribution in [0.2, 0.25) is 0 Å². The van der Waals surface area contributed by atoms with Gasteiger partial charge in [-0.1, -0.05) is 0 Å². The monoisotopic (exact) mass is 301 g/mol. The summed E-state index contributed by atoms with van der Waals surface area (Å²) in [5.41, 5.74) is 5.25. The number of hydrogen-bond donors (Lipinski definition) is 3. The van der Waals surface area contributed by atoms with Gasteiger partial charge in [-0.25, -0.2) is 14.2 Å². The van der Waals surface area contributed by atoms with E-state index in [1.54, 1.807) is 13.8 Å². The molecule has 0 amide bonds. The zero-order valence-electron chi connectivity index (χ0n) is 10.9. The van der Waals surface area contributed by atoms with Crippen molar-refractivity contribution in [2.24, 2.45) is 5.73 Å². The Morgan fingerprint density at radius 2 is 1.47 bits per heavy atom. The maximum Gasteiger partial charge on any atom is 0.474 e. The van der Waals surface area contributed by atoms with E-state index in [0.29, 0.717) is 32.8 Å². The minimum atomic E-state index is -3.30. The van der Waals surface area contributed by atoms with E-state index in [0.717, 1.165) is 0 Å². The van der Waals surface area contributed by atoms with Crippen molar-refractivity contribution in [1.82, 2.24) is 0 Å². The van der Waals surface area contributed by atoms with E-state index in [1.165, 1.54) is 0 Å². The molecule has 0 radical (unpaired) electrons. The molecule has 0 bridgehead atoms. The van der Waals surface area contributed by atoms with Crippen LogP contribution in [0, 0.1) is 0 Å². The average molecular weight is 301 g/mol. The molecule has 4 N–H and O–H groups in total. The SMILES string of the molecule is CCOP(=O)(OCC)OCCCN.O=C(O)C(=O)O. The molecule has 114 valence electrons. The van der Waals surface area contributed by atoms with Crippen molar-refractivity contribution < 1.29 is 37.9 Å². The molecule has 0 heterocycles. The number of rotatable bonds is 8. The van der Waals surface area contributed by atoms with Crippen LogP contribution in [-0.2, 0) is 27.7 Å². The summed E-state index contributed by atoms with van der Waals surface area (Å²) in [6, 6.07) is 0. The fourth-order valence-corrected chi connectivity index (χ4v) is 1.90. The van der Waals surface area contributed by atoms with Crippen molar-refractivity contribution in [2.75, 3.05) is 26.4 Å². The minimum Gasteiger partial charge on any atom is -0.473 e. The van der Waals surface area contributed by atoms with E-state index in [9.17, 15) is 4.57 Å². The standard InChI is InChI=1S/C7H18NO4P.C2H2O4/c1-3-10-13(9,11-4-2)12-7-5-6-8;3-1(4)2(5)6/h3-8H2,1-2H3;(H,3,4)(H,5,6). The summed E-state index contributed by atoms with van der Waals surface area (Å²) in [5.74, 6) is -3.65. The number of nitrogens with two attached hydrogens (primary N) is 1. The molecule has 0 saturated carbocycles. The van der Waals surface area contributed by atoms with Crippen LogP contribution in [0.25, 0.3) is 0 Å². The predicted molar refractivity (Wildman–Crippen MR) is 65.8 cm³/mol. The van der Waals surface area contributed by atoms with Crippen molar-refractivity contribution in [2.45, 2.75) is 20.3 Å². The summed E-state index contributed by atoms with van der Waals surface area (Å²) < 4.78 is 26.3. The summed E-state index contributed by atoms with van der Waals surface area (Å²) >= 11 is 0. The summed E-state index contributed by atoms with van der Waals surface area (Å²) in [7, 11) is -3.30. The van der Waals surface area contributed by atoms with Gasteiger partial charge in [-0.3, -0.25) is 13.6 Å². The van der Waals surface area contributed by atoms with Crippen LogP contribution < -0.4 is 5.73 Å². The van der Waals surface area contributed by atoms with Gasteiger partial charge in [0.1, 0.15) is 0 Å². The Morgan fingerprint density at radius 3 is 1.74 bits per heavy atom. The number of carboxylic acids is 2. The van der Waals surface area contributed by atoms with Crippen LogP contribution in [0.15, 0.2) is 0 Å². The first-order valence-corrected chi connectivity index (χ1v) is 6.98. The Morgan fingerprint density at radius 1 is 1.05 bits per heavy atom. The number of hydrogen-bond acceptors (Lipinski definition) is 7. The fraction of sp³-hybridized carbons (Fsp3) is 0.778. The number of phosphoric acid groups is 1. The third kappa shape index (κ3) is 13.2. The van der Waals surface area contributed by atoms with Crippen molar-refractivity contribution in [3.63, 3.8) is 0 Å². The van der Waals surface area contributed by atoms with Crippen LogP contribution >= 0.6 is 7.82 Å². The van der Waals surface area contributed by atoms with Gasteiger partial charge in [0.05, 0.1) is 19.8 Å². The van der Waals surface area contributed by atoms with Crippen molar-refractivity contribution in [3.05, 3.63) is 0 Å². The van der Waals surface area contributed by atoms with Gasteiger partial charge in [-0.15, -0.1) is 0 Å². The maximum absolute atomic E-state index is 11.6. The van der Waals surface area contributed by atoms with Gasteiger partial charge in [0.2, 0.25) is 0 Å². The van der Waals surface area contributed by atoms with Gasteiger partial charge in [-0.2, -0.15) is 0 Å². The molecule has 0 aromatic heterocycles. The summed E-state index contributed by atoms with van der Waals surface area (Å²) in [6.45, 7) is 4.88. The molecular weight excluding hydrogens is 281 g/mol. The normalized spacial score (nSPS) is 10.5. The third-order valence-corrected chi connectivity index (χ3v) is 3.00. The Bertz CT molecular complexity index is 287. The van der Waals surface area contributed by atoms with Crippen molar-refractivity contribution >= 4 is 19.8 Å². The highest BCUT2D eigenvalue weighted by molar-refractivity contribution is 7.48. The molecule has 0 aromatic rings. The first kappa shape index (κ1) is 20.3. The van der Waals surface area contributed by atoms with Crippen molar-refractivity contribution in [1.29, 1.82) is 0 Å². The van der Waals surface area contributed by atoms with Gasteiger partial charge >= 0.3 is 19.8 Å². The van der Waals surface area contributed by atoms with Gasteiger partial charge < -0.3 is 15.9 Å². The van der Waals surface area contributed by atoms with Crippen LogP contribution in [0.1, 0.15) is 20.3 Å². The second-order valence-electron chi connectivity index (χ2n) is 2.87. The van der Waals surface area contributed by atoms with Gasteiger partial charge in [0.15, 0.2) is 0 Å². The van der Waals surface area contributed by atoms with Gasteiger partial charge in [-0.05, 0) is 26.8 Å². The summed E-state index contributed by atoms with van der Waals surface area (Å²) in [6.07, 6.45) is 0.643. The molecule has 0 aromatic carbocycles. The largest absolute Gasteiger partial charge is 0.474 e. The molecule has 0 saturated heterocycles. The molecule has 0 rings (SSSR count). The molecule has 0 unspecified atom stereocenters. The lowest BCUT2D eigenvalue weighted by molar-refractivity contribution is -0.159. The fourth-order valence-electron chi connectivity index (χ4n) is 0.688. The number of phosphoric ester groups is 1. The highest BCUT2D eigenvalue weighted by Gasteiger charge is 2.24. The van der Waals surface area contributed by atoms with E-state index >= 15 is 0 Å². The molecule has 0 aliphatic heterocycles. The van der Waals surface area contributed by atoms with Crippen molar-refractivity contribution in [3.8, 4) is 0 Å². The molecule has 9 nitrogen and oxygen atoms in total. The highest BCUT2D eigenvalue weighted by atomic mass is 31.2. The van der Waals surface area contributed by atoms with E-state index in [-0.39, 0.29) is 0 Å². The van der Waals surface area contributed by atoms with Gasteiger partial charge in [0, 0.05) is 0 Å². The summed E-state index contributed by atoms with van der Waals surface area (Å²) in [4.78, 5) is 18.2. The number of carbonyl (C=O) groups is 2. The first-order chi connectivity index (χ1) is 8.82. The minimum absolute atomic E-state index is 0.299. The quantitative estimate of drug-likeness (QED) is 0.334. The molecule has 0 atom stereocenters. The predicted octanol–water partition coefficient (Wildman–Crippen LogP) is 0.689. The van der Waals surface area contributed by atoms with E-state index in [2.05, 4.69) is 0 Å². The Balaban J connectivity index is 0. The molecule has 0 aliphatic rings. The Hall–Kier alpha value is -0.990. The average Bonchev–Trinajstić information content (AvgIpc) is 2.30. The first-order valence-electron chi connectivity index (χ1n) is 5.52. The van der Waals surface area contributed by atoms with Crippen LogP contribution in [0.3, 0.4) is 0 Å². The lowest BCUT2D eigenvalue weighted by Crippen LogP contribution is -2.09. The zero-order chi connectivity index (χ0) is 15.3. The summed E-state index contributed by atoms with van der Waals surface area (Å²) in [5, 5.41) is 14.8. The van der Waals surface area contributed by atoms with Crippen LogP contribution in [0.5, 0.6) is 0 Å². The Kier molecular flexibility index (Phi) is 12.9. The second-order valence-corrected chi connectivity index (χ2v) is 4.54. The Labute approximate surface area is 111 Å². The van der Waals surface area contributed by atoms with E-state index in [4.69, 9.17) is 39.1 Å². The zero-order valence-corrected chi connectivity index (χ0v) is 11.8. The highest BCUT2D eigenvalue weighted by Crippen LogP contribution is 2.49. The lowest BCUT2D eigenvalue weighted by atomic mass is 10.5. The van der Waals surface area contributed by atoms with E-state index in [1.807, 2.05) is 0 Å². The third-order valence-electron chi connectivity index (χ3n) is 1.36. The second kappa shape index (κ2) is 12.1. The number of aliphatic carboxylic acids is 2. The smallest absolute Gasteiger partial charge is 0.473 e. The lowest BCUT2D eigenvalue weighted by Gasteiger charge is -2.15.